The van der Waals surface area contributed by atoms with E-state index in [0.29, 0.717) is 34.1 Å². The lowest BCUT2D eigenvalue weighted by atomic mass is 10.1. The molecule has 4 aromatic rings. The second-order valence-corrected chi connectivity index (χ2v) is 8.63. The number of hydrogen-bond acceptors (Lipinski definition) is 7. The van der Waals surface area contributed by atoms with Crippen LogP contribution in [0, 0.1) is 13.8 Å². The SMILES string of the molecule is COc1ccc(-c2ccc(=O)n(-c3c(C)noc3C)n2)cc1S(=O)(=O)Nc1ccccc1. The number of nitrogens with one attached hydrogen (secondary N) is 1. The van der Waals surface area contributed by atoms with E-state index < -0.39 is 10.0 Å². The van der Waals surface area contributed by atoms with Crippen LogP contribution in [-0.4, -0.2) is 30.5 Å². The first-order valence-corrected chi connectivity index (χ1v) is 11.1. The van der Waals surface area contributed by atoms with Crippen molar-refractivity contribution >= 4 is 15.7 Å². The number of anilines is 1. The molecule has 0 aliphatic carbocycles. The van der Waals surface area contributed by atoms with Crippen LogP contribution in [0.3, 0.4) is 0 Å². The molecule has 0 radical (unpaired) electrons. The van der Waals surface area contributed by atoms with E-state index in [4.69, 9.17) is 9.26 Å². The van der Waals surface area contributed by atoms with Gasteiger partial charge in [0.2, 0.25) is 0 Å². The van der Waals surface area contributed by atoms with E-state index in [2.05, 4.69) is 15.0 Å². The summed E-state index contributed by atoms with van der Waals surface area (Å²) in [6.07, 6.45) is 0. The molecule has 0 bridgehead atoms. The lowest BCUT2D eigenvalue weighted by Gasteiger charge is -2.13. The maximum Gasteiger partial charge on any atom is 0.271 e. The average Bonchev–Trinajstić information content (AvgIpc) is 3.12. The molecule has 0 saturated carbocycles. The van der Waals surface area contributed by atoms with Crippen LogP contribution in [-0.2, 0) is 10.0 Å². The van der Waals surface area contributed by atoms with Gasteiger partial charge in [-0.3, -0.25) is 9.52 Å². The van der Waals surface area contributed by atoms with Gasteiger partial charge in [0, 0.05) is 17.3 Å². The van der Waals surface area contributed by atoms with Crippen LogP contribution < -0.4 is 15.0 Å². The van der Waals surface area contributed by atoms with Crippen LogP contribution in [0.1, 0.15) is 11.5 Å². The first kappa shape index (κ1) is 21.3. The topological polar surface area (TPSA) is 116 Å². The number of rotatable bonds is 6. The Morgan fingerprint density at radius 2 is 1.78 bits per heavy atom. The fourth-order valence-electron chi connectivity index (χ4n) is 3.27. The Labute approximate surface area is 184 Å². The fourth-order valence-corrected chi connectivity index (χ4v) is 4.52. The van der Waals surface area contributed by atoms with Crippen molar-refractivity contribution in [2.45, 2.75) is 18.7 Å². The van der Waals surface area contributed by atoms with Crippen LogP contribution >= 0.6 is 0 Å². The third-order valence-corrected chi connectivity index (χ3v) is 6.19. The minimum atomic E-state index is -3.96. The highest BCUT2D eigenvalue weighted by molar-refractivity contribution is 7.92. The molecule has 0 saturated heterocycles. The van der Waals surface area contributed by atoms with Gasteiger partial charge >= 0.3 is 0 Å². The number of methoxy groups -OCH3 is 1. The Balaban J connectivity index is 1.81. The van der Waals surface area contributed by atoms with E-state index in [-0.39, 0.29) is 16.2 Å². The molecule has 9 nitrogen and oxygen atoms in total. The maximum atomic E-state index is 13.1. The number of aryl methyl sites for hydroxylation is 2. The molecule has 0 spiro atoms. The van der Waals surface area contributed by atoms with Gasteiger partial charge in [-0.1, -0.05) is 23.4 Å². The summed E-state index contributed by atoms with van der Waals surface area (Å²) >= 11 is 0. The molecule has 0 unspecified atom stereocenters. The van der Waals surface area contributed by atoms with Gasteiger partial charge in [0.15, 0.2) is 5.76 Å². The Morgan fingerprint density at radius 1 is 1.03 bits per heavy atom. The molecule has 4 rings (SSSR count). The second-order valence-electron chi connectivity index (χ2n) is 6.98. The Bertz CT molecular complexity index is 1420. The van der Waals surface area contributed by atoms with Crippen LogP contribution in [0.15, 0.2) is 74.9 Å². The standard InChI is InChI=1S/C22H20N4O5S/c1-14-22(15(2)31-24-14)26-21(27)12-10-18(23-26)16-9-11-19(30-3)20(13-16)32(28,29)25-17-7-5-4-6-8-17/h4-13,25H,1-3H3. The third-order valence-electron chi connectivity index (χ3n) is 4.78. The Morgan fingerprint density at radius 3 is 2.44 bits per heavy atom. The summed E-state index contributed by atoms with van der Waals surface area (Å²) in [6.45, 7) is 3.39. The summed E-state index contributed by atoms with van der Waals surface area (Å²) in [5, 5.41) is 8.28. The lowest BCUT2D eigenvalue weighted by Crippen LogP contribution is -2.21. The molecule has 1 N–H and O–H groups in total. The van der Waals surface area contributed by atoms with Crippen LogP contribution in [0.2, 0.25) is 0 Å². The van der Waals surface area contributed by atoms with Gasteiger partial charge in [0.05, 0.1) is 12.8 Å². The van der Waals surface area contributed by atoms with E-state index in [1.165, 1.54) is 30.0 Å². The highest BCUT2D eigenvalue weighted by Crippen LogP contribution is 2.30. The lowest BCUT2D eigenvalue weighted by molar-refractivity contribution is 0.392. The normalized spacial score (nSPS) is 11.3. The van der Waals surface area contributed by atoms with Crippen molar-refractivity contribution in [2.75, 3.05) is 11.8 Å². The van der Waals surface area contributed by atoms with Crippen molar-refractivity contribution in [3.8, 4) is 22.7 Å². The fraction of sp³-hybridized carbons (Fsp3) is 0.136. The number of ether oxygens (including phenoxy) is 1. The van der Waals surface area contributed by atoms with Crippen molar-refractivity contribution in [3.63, 3.8) is 0 Å². The minimum Gasteiger partial charge on any atom is -0.495 e. The molecule has 10 heteroatoms. The molecule has 0 fully saturated rings. The molecule has 164 valence electrons. The van der Waals surface area contributed by atoms with Gasteiger partial charge in [0.25, 0.3) is 15.6 Å². The van der Waals surface area contributed by atoms with E-state index in [0.717, 1.165) is 0 Å². The first-order valence-electron chi connectivity index (χ1n) is 9.60. The van der Waals surface area contributed by atoms with E-state index in [9.17, 15) is 13.2 Å². The zero-order chi connectivity index (χ0) is 22.9. The number of nitrogens with zero attached hydrogens (tertiary/aromatic N) is 3. The van der Waals surface area contributed by atoms with E-state index in [1.54, 1.807) is 56.3 Å². The van der Waals surface area contributed by atoms with Gasteiger partial charge < -0.3 is 9.26 Å². The Kier molecular flexibility index (Phi) is 5.54. The average molecular weight is 452 g/mol. The largest absolute Gasteiger partial charge is 0.495 e. The first-order chi connectivity index (χ1) is 15.3. The number of sulfonamides is 1. The van der Waals surface area contributed by atoms with Gasteiger partial charge in [-0.05, 0) is 50.2 Å². The third kappa shape index (κ3) is 4.00. The molecule has 32 heavy (non-hydrogen) atoms. The molecule has 2 aromatic carbocycles. The molecule has 0 aliphatic rings. The molecule has 0 amide bonds. The highest BCUT2D eigenvalue weighted by atomic mass is 32.2. The summed E-state index contributed by atoms with van der Waals surface area (Å²) in [6, 6.07) is 16.1. The molecule has 2 aromatic heterocycles. The molecule has 2 heterocycles. The summed E-state index contributed by atoms with van der Waals surface area (Å²) in [7, 11) is -2.56. The quantitative estimate of drug-likeness (QED) is 0.477. The number of para-hydroxylation sites is 1. The minimum absolute atomic E-state index is 0.0572. The van der Waals surface area contributed by atoms with Crippen LogP contribution in [0.25, 0.3) is 16.9 Å². The van der Waals surface area contributed by atoms with E-state index >= 15 is 0 Å². The molecule has 0 atom stereocenters. The van der Waals surface area contributed by atoms with Crippen molar-refractivity contribution < 1.29 is 17.7 Å². The van der Waals surface area contributed by atoms with Gasteiger partial charge in [0.1, 0.15) is 22.0 Å². The number of benzene rings is 2. The van der Waals surface area contributed by atoms with Crippen LogP contribution in [0.4, 0.5) is 5.69 Å². The summed E-state index contributed by atoms with van der Waals surface area (Å²) < 4.78 is 40.3. The van der Waals surface area contributed by atoms with Crippen molar-refractivity contribution in [2.24, 2.45) is 0 Å². The smallest absolute Gasteiger partial charge is 0.271 e. The Hall–Kier alpha value is -3.92. The van der Waals surface area contributed by atoms with Crippen molar-refractivity contribution in [3.05, 3.63) is 82.5 Å². The van der Waals surface area contributed by atoms with Crippen LogP contribution in [0.5, 0.6) is 5.75 Å². The highest BCUT2D eigenvalue weighted by Gasteiger charge is 2.22. The van der Waals surface area contributed by atoms with Gasteiger partial charge in [-0.15, -0.1) is 0 Å². The summed E-state index contributed by atoms with van der Waals surface area (Å²) in [5.74, 6) is 0.621. The zero-order valence-electron chi connectivity index (χ0n) is 17.6. The monoisotopic (exact) mass is 452 g/mol. The number of hydrogen-bond donors (Lipinski definition) is 1. The molecular formula is C22H20N4O5S. The summed E-state index contributed by atoms with van der Waals surface area (Å²) in [4.78, 5) is 12.4. The molecular weight excluding hydrogens is 432 g/mol. The predicted molar refractivity (Wildman–Crippen MR) is 119 cm³/mol. The second kappa shape index (κ2) is 8.31. The van der Waals surface area contributed by atoms with Crippen molar-refractivity contribution in [1.82, 2.24) is 14.9 Å². The van der Waals surface area contributed by atoms with Crippen molar-refractivity contribution in [1.29, 1.82) is 0 Å². The van der Waals surface area contributed by atoms with E-state index in [1.807, 2.05) is 0 Å². The number of aromatic nitrogens is 3. The van der Waals surface area contributed by atoms with Gasteiger partial charge in [-0.25, -0.2) is 8.42 Å². The summed E-state index contributed by atoms with van der Waals surface area (Å²) in [5.41, 5.74) is 1.90. The maximum absolute atomic E-state index is 13.1. The predicted octanol–water partition coefficient (Wildman–Crippen LogP) is 3.31. The molecule has 0 aliphatic heterocycles. The van der Waals surface area contributed by atoms with Gasteiger partial charge in [-0.2, -0.15) is 9.78 Å². The zero-order valence-corrected chi connectivity index (χ0v) is 18.4.